The van der Waals surface area contributed by atoms with Crippen molar-refractivity contribution < 1.29 is 195 Å². The number of piperidine rings is 1. The first-order valence-electron chi connectivity index (χ1n) is 39.2. The number of amides is 2. The number of aliphatic hydroxyl groups is 16. The molecule has 8 fully saturated rings. The molecule has 0 aromatic carbocycles. The summed E-state index contributed by atoms with van der Waals surface area (Å²) in [6.45, 7) is 1.14. The molecule has 109 heavy (non-hydrogen) atoms. The van der Waals surface area contributed by atoms with Crippen molar-refractivity contribution in [3.63, 3.8) is 0 Å². The Morgan fingerprint density at radius 3 is 1.48 bits per heavy atom. The van der Waals surface area contributed by atoms with Crippen LogP contribution in [0.25, 0.3) is 0 Å². The van der Waals surface area contributed by atoms with Gasteiger partial charge in [0.15, 0.2) is 31.5 Å². The Labute approximate surface area is 660 Å². The predicted octanol–water partition coefficient (Wildman–Crippen LogP) is -5.36. The monoisotopic (exact) mass is 1610 g/mol. The van der Waals surface area contributed by atoms with E-state index in [0.717, 1.165) is 71.1 Å². The molecular formula is C71H127N2NaO34S. The number of fused-ring (bicyclic) bond motifs is 3. The van der Waals surface area contributed by atoms with Crippen LogP contribution in [0.2, 0.25) is 0 Å². The van der Waals surface area contributed by atoms with Crippen molar-refractivity contribution >= 4 is 22.2 Å². The molecule has 0 aromatic rings. The number of rotatable bonds is 49. The molecule has 36 nitrogen and oxygen atoms in total. The average molecular weight is 1610 g/mol. The van der Waals surface area contributed by atoms with Crippen LogP contribution in [-0.2, 0) is 81.0 Å². The second kappa shape index (κ2) is 47.9. The molecule has 8 rings (SSSR count). The first-order valence-corrected chi connectivity index (χ1v) is 40.6. The van der Waals surface area contributed by atoms with Gasteiger partial charge in [0.1, 0.15) is 134 Å². The Morgan fingerprint density at radius 1 is 0.541 bits per heavy atom. The molecule has 0 aliphatic carbocycles. The summed E-state index contributed by atoms with van der Waals surface area (Å²) < 4.78 is 115. The minimum atomic E-state index is -5.78. The first-order chi connectivity index (χ1) is 51.6. The summed E-state index contributed by atoms with van der Waals surface area (Å²) in [7, 11) is -5.78. The summed E-state index contributed by atoms with van der Waals surface area (Å²) in [5.74, 6) is -4.86. The number of morpholine rings is 1. The van der Waals surface area contributed by atoms with Crippen molar-refractivity contribution in [2.24, 2.45) is 5.92 Å². The fraction of sp³-hybridized carbons (Fsp3) is 0.972. The van der Waals surface area contributed by atoms with Crippen molar-refractivity contribution in [1.29, 1.82) is 0 Å². The minimum Gasteiger partial charge on any atom is -0.726 e. The average Bonchev–Trinajstić information content (AvgIpc) is 0.727. The van der Waals surface area contributed by atoms with Gasteiger partial charge in [0.25, 0.3) is 11.7 Å². The summed E-state index contributed by atoms with van der Waals surface area (Å²) in [4.78, 5) is 27.3. The third-order valence-electron chi connectivity index (χ3n) is 21.7. The van der Waals surface area contributed by atoms with Gasteiger partial charge in [0.2, 0.25) is 16.3 Å². The number of unbranched alkanes of at least 4 members (excludes halogenated alkanes) is 22. The summed E-state index contributed by atoms with van der Waals surface area (Å²) in [5.41, 5.74) is 0. The molecular weight excluding hydrogens is 1480 g/mol. The van der Waals surface area contributed by atoms with Crippen molar-refractivity contribution in [2.45, 2.75) is 391 Å². The van der Waals surface area contributed by atoms with E-state index in [9.17, 15) is 104 Å². The van der Waals surface area contributed by atoms with Gasteiger partial charge in [-0.25, -0.2) is 8.42 Å². The molecule has 2 amide bonds. The van der Waals surface area contributed by atoms with Gasteiger partial charge in [0.05, 0.1) is 57.9 Å². The summed E-state index contributed by atoms with van der Waals surface area (Å²) in [6, 6.07) is -3.47. The number of nitrogens with one attached hydrogen (secondary N) is 2. The van der Waals surface area contributed by atoms with E-state index in [-0.39, 0.29) is 42.1 Å². The zero-order chi connectivity index (χ0) is 79.0. The second-order valence-electron chi connectivity index (χ2n) is 30.2. The molecule has 8 aliphatic heterocycles. The molecule has 0 spiro atoms. The smallest absolute Gasteiger partial charge is 0.726 e. The molecule has 31 atom stereocenters. The fourth-order valence-electron chi connectivity index (χ4n) is 15.3. The van der Waals surface area contributed by atoms with Crippen LogP contribution in [0.3, 0.4) is 0 Å². The molecule has 1 unspecified atom stereocenters. The predicted molar refractivity (Wildman–Crippen MR) is 372 cm³/mol. The maximum absolute atomic E-state index is 13.7. The number of hydrogen-bond donors (Lipinski definition) is 18. The molecule has 18 N–H and O–H groups in total. The van der Waals surface area contributed by atoms with Crippen molar-refractivity contribution in [2.75, 3.05) is 39.6 Å². The van der Waals surface area contributed by atoms with Crippen LogP contribution in [0.5, 0.6) is 0 Å². The Bertz CT molecular complexity index is 2650. The van der Waals surface area contributed by atoms with Gasteiger partial charge in [-0.15, -0.1) is 0 Å². The number of aliphatic hydroxyl groups excluding tert-OH is 16. The zero-order valence-corrected chi connectivity index (χ0v) is 66.5. The van der Waals surface area contributed by atoms with Crippen molar-refractivity contribution in [1.82, 2.24) is 10.6 Å². The normalized spacial score (nSPS) is 38.4. The van der Waals surface area contributed by atoms with Crippen LogP contribution >= 0.6 is 0 Å². The summed E-state index contributed by atoms with van der Waals surface area (Å²) >= 11 is 0. The Kier molecular flexibility index (Phi) is 42.4. The van der Waals surface area contributed by atoms with Gasteiger partial charge in [-0.2, -0.15) is 0 Å². The van der Waals surface area contributed by atoms with Crippen molar-refractivity contribution in [3.05, 3.63) is 0 Å². The van der Waals surface area contributed by atoms with E-state index < -0.39 is 251 Å². The Hall–Kier alpha value is -1.31. The SMILES string of the molecule is CCCCCCCCCCCCCCC(CCCCCCCCCCCCCC)CO[C@@H]1O[C@H](CO)[C@@H](O[C@@H]2O[C@H](CO)[C@H](O)[C@H](O[C@@H]3O[C@H](COS(=O)(=O)[O-])[C@@H](O[C@@H]4O[C@H](CO)[C@H](O)[C@H](OC56C[C@H](O)[C@@H](NC5=O)[C@H]([C@H](O)[C@H](O)CO)O6)[C@H]4O)[C@H](O[C@@H]4O[C@@H](C)[C@@H](O)[C@@H](O)[C@@H]4O)[C@H]3NC(C)=O)[C@H]2O)[C@H](O)[C@H]1O.[Na+]. The standard InChI is InChI=1S/C71H128N2O34S.Na/c1-5-7-9-11-13-15-17-19-21-23-25-27-29-40(30-28-26-24-22-20-18-16-14-12-10-8-6-2)36-95-66-56(88)54(86)59(45(35-77)100-66)102-68-57(89)63(51(83)43(33-75)98-68)105-65-48(72-39(4)78)62(104-67-55(87)53(85)49(81)38(3)97-67)60(46(101-65)37-96-108(92,93)94)103-69-58(90)64(52(84)44(34-76)99-69)107-71-31-41(79)47(73-70(71)91)61(106-71)50(82)42(80)32-74;/h38,40-69,74-77,79-90H,5-37H2,1-4H3,(H,72,78)(H,73,91)(H,92,93,94);/q;+1/p-1/t38-,41-,42+,43+,44+,45+,46+,47+,48+,49+,50+,51-,52-,53+,54+,55-,56+,57+,58+,59+,60+,61+,62+,63-,64-,65-,66+,67-,68-,69-,71?;/m0./s1. The first kappa shape index (κ1) is 96.5. The minimum absolute atomic E-state index is 0. The van der Waals surface area contributed by atoms with E-state index in [1.54, 1.807) is 0 Å². The molecule has 632 valence electrons. The fourth-order valence-corrected chi connectivity index (χ4v) is 15.7. The van der Waals surface area contributed by atoms with Crippen LogP contribution in [0.1, 0.15) is 201 Å². The summed E-state index contributed by atoms with van der Waals surface area (Å²) in [5, 5.41) is 184. The number of hydrogen-bond acceptors (Lipinski definition) is 34. The van der Waals surface area contributed by atoms with Gasteiger partial charge in [-0.3, -0.25) is 13.8 Å². The van der Waals surface area contributed by atoms with E-state index in [2.05, 4.69) is 28.7 Å². The maximum Gasteiger partial charge on any atom is 1.00 e. The topological polar surface area (TPSA) is 559 Å². The van der Waals surface area contributed by atoms with E-state index in [1.165, 1.54) is 110 Å². The zero-order valence-electron chi connectivity index (χ0n) is 63.6. The molecule has 0 saturated carbocycles. The molecule has 38 heteroatoms. The van der Waals surface area contributed by atoms with Crippen molar-refractivity contribution in [3.8, 4) is 0 Å². The van der Waals surface area contributed by atoms with E-state index in [0.29, 0.717) is 0 Å². The van der Waals surface area contributed by atoms with Crippen LogP contribution in [0.15, 0.2) is 0 Å². The van der Waals surface area contributed by atoms with E-state index in [1.807, 2.05) is 0 Å². The molecule has 2 bridgehead atoms. The third-order valence-corrected chi connectivity index (χ3v) is 22.1. The quantitative estimate of drug-likeness (QED) is 0.0117. The summed E-state index contributed by atoms with van der Waals surface area (Å²) in [6.07, 6.45) is -26.9. The van der Waals surface area contributed by atoms with E-state index in [4.69, 9.17) is 56.8 Å². The Balaban J connectivity index is 0.0000186. The van der Waals surface area contributed by atoms with Gasteiger partial charge < -0.3 is 154 Å². The van der Waals surface area contributed by atoms with Crippen LogP contribution in [0.4, 0.5) is 0 Å². The molecule has 0 aromatic heterocycles. The van der Waals surface area contributed by atoms with Crippen LogP contribution in [0, 0.1) is 5.92 Å². The molecule has 8 heterocycles. The van der Waals surface area contributed by atoms with Gasteiger partial charge in [0, 0.05) is 13.3 Å². The van der Waals surface area contributed by atoms with Gasteiger partial charge >= 0.3 is 29.6 Å². The van der Waals surface area contributed by atoms with Crippen LogP contribution in [-0.4, -0.2) is 336 Å². The maximum atomic E-state index is 13.7. The third kappa shape index (κ3) is 27.4. The molecule has 0 radical (unpaired) electrons. The molecule has 8 saturated heterocycles. The largest absolute Gasteiger partial charge is 1.00 e. The number of carbonyl (C=O) groups excluding carboxylic acids is 2. The molecule has 8 aliphatic rings. The van der Waals surface area contributed by atoms with Gasteiger partial charge in [-0.05, 0) is 25.7 Å². The second-order valence-corrected chi connectivity index (χ2v) is 31.2. The van der Waals surface area contributed by atoms with Crippen LogP contribution < -0.4 is 40.2 Å². The van der Waals surface area contributed by atoms with Gasteiger partial charge in [-0.1, -0.05) is 168 Å². The number of carbonyl (C=O) groups is 2. The Morgan fingerprint density at radius 2 is 0.982 bits per heavy atom. The van der Waals surface area contributed by atoms with E-state index >= 15 is 0 Å². The number of ether oxygens (including phenoxy) is 12.